The molecule has 1 aliphatic heterocycles. The van der Waals surface area contributed by atoms with Crippen LogP contribution in [0.3, 0.4) is 0 Å². The molecule has 1 aromatic carbocycles. The van der Waals surface area contributed by atoms with E-state index in [4.69, 9.17) is 0 Å². The van der Waals surface area contributed by atoms with E-state index in [2.05, 4.69) is 33.0 Å². The standard InChI is InChI=1S/C16H18N6O2/c1-21-16(18-19-20-21)17-15(24)12-8-14(23)22(9-12)13-6-5-10-3-2-4-11(10)7-13/h5-7,12H,2-4,8-9H2,1H3,(H,17,18,20,24). The molecule has 1 atom stereocenters. The van der Waals surface area contributed by atoms with Crippen molar-refractivity contribution in [1.82, 2.24) is 20.2 Å². The number of benzene rings is 1. The average molecular weight is 326 g/mol. The van der Waals surface area contributed by atoms with Gasteiger partial charge in [-0.3, -0.25) is 14.9 Å². The van der Waals surface area contributed by atoms with Gasteiger partial charge in [0.15, 0.2) is 0 Å². The summed E-state index contributed by atoms with van der Waals surface area (Å²) < 4.78 is 1.38. The van der Waals surface area contributed by atoms with Gasteiger partial charge in [-0.1, -0.05) is 11.2 Å². The van der Waals surface area contributed by atoms with E-state index in [1.54, 1.807) is 11.9 Å². The average Bonchev–Trinajstić information content (AvgIpc) is 3.27. The third-order valence-electron chi connectivity index (χ3n) is 4.74. The fourth-order valence-corrected chi connectivity index (χ4v) is 3.41. The van der Waals surface area contributed by atoms with Crippen molar-refractivity contribution in [2.45, 2.75) is 25.7 Å². The van der Waals surface area contributed by atoms with Gasteiger partial charge in [-0.05, 0) is 52.9 Å². The lowest BCUT2D eigenvalue weighted by Gasteiger charge is -2.17. The zero-order valence-corrected chi connectivity index (χ0v) is 13.4. The van der Waals surface area contributed by atoms with Crippen molar-refractivity contribution in [1.29, 1.82) is 0 Å². The summed E-state index contributed by atoms with van der Waals surface area (Å²) in [6.07, 6.45) is 3.55. The summed E-state index contributed by atoms with van der Waals surface area (Å²) in [5, 5.41) is 13.6. The molecule has 2 aliphatic rings. The fraction of sp³-hybridized carbons (Fsp3) is 0.438. The van der Waals surface area contributed by atoms with Crippen LogP contribution in [-0.2, 0) is 29.5 Å². The normalized spacial score (nSPS) is 19.6. The van der Waals surface area contributed by atoms with E-state index in [1.165, 1.54) is 22.2 Å². The second-order valence-corrected chi connectivity index (χ2v) is 6.33. The molecule has 1 saturated heterocycles. The predicted octanol–water partition coefficient (Wildman–Crippen LogP) is 0.690. The molecule has 1 N–H and O–H groups in total. The summed E-state index contributed by atoms with van der Waals surface area (Å²) >= 11 is 0. The Morgan fingerprint density at radius 1 is 1.29 bits per heavy atom. The van der Waals surface area contributed by atoms with E-state index in [9.17, 15) is 9.59 Å². The van der Waals surface area contributed by atoms with Gasteiger partial charge in [-0.15, -0.1) is 0 Å². The van der Waals surface area contributed by atoms with Gasteiger partial charge in [-0.2, -0.15) is 0 Å². The Kier molecular flexibility index (Phi) is 3.51. The smallest absolute Gasteiger partial charge is 0.249 e. The van der Waals surface area contributed by atoms with Crippen molar-refractivity contribution in [3.8, 4) is 0 Å². The first kappa shape index (κ1) is 14.8. The number of aromatic nitrogens is 4. The highest BCUT2D eigenvalue weighted by molar-refractivity contribution is 6.03. The van der Waals surface area contributed by atoms with Gasteiger partial charge in [0.25, 0.3) is 0 Å². The van der Waals surface area contributed by atoms with Crippen LogP contribution >= 0.6 is 0 Å². The zero-order valence-electron chi connectivity index (χ0n) is 13.4. The van der Waals surface area contributed by atoms with Crippen LogP contribution in [0.5, 0.6) is 0 Å². The molecule has 0 bridgehead atoms. The van der Waals surface area contributed by atoms with Crippen molar-refractivity contribution in [3.63, 3.8) is 0 Å². The molecular weight excluding hydrogens is 308 g/mol. The van der Waals surface area contributed by atoms with Gasteiger partial charge in [-0.25, -0.2) is 4.68 Å². The minimum absolute atomic E-state index is 0.0239. The number of carbonyl (C=O) groups is 2. The molecule has 1 aromatic heterocycles. The maximum Gasteiger partial charge on any atom is 0.249 e. The van der Waals surface area contributed by atoms with E-state index < -0.39 is 5.92 Å². The fourth-order valence-electron chi connectivity index (χ4n) is 3.41. The minimum atomic E-state index is -0.401. The molecule has 0 spiro atoms. The molecule has 2 heterocycles. The second kappa shape index (κ2) is 5.70. The highest BCUT2D eigenvalue weighted by Crippen LogP contribution is 2.30. The van der Waals surface area contributed by atoms with E-state index in [0.717, 1.165) is 18.5 Å². The van der Waals surface area contributed by atoms with Gasteiger partial charge in [0.1, 0.15) is 0 Å². The third kappa shape index (κ3) is 2.53. The summed E-state index contributed by atoms with van der Waals surface area (Å²) in [4.78, 5) is 26.4. The first-order valence-electron chi connectivity index (χ1n) is 8.07. The van der Waals surface area contributed by atoms with Crippen molar-refractivity contribution >= 4 is 23.5 Å². The SMILES string of the molecule is Cn1nnnc1NC(=O)C1CC(=O)N(c2ccc3c(c2)CCC3)C1. The number of rotatable bonds is 3. The molecule has 2 amide bonds. The number of hydrogen-bond donors (Lipinski definition) is 1. The first-order valence-corrected chi connectivity index (χ1v) is 8.07. The molecule has 24 heavy (non-hydrogen) atoms. The Morgan fingerprint density at radius 3 is 2.92 bits per heavy atom. The Balaban J connectivity index is 1.48. The summed E-state index contributed by atoms with van der Waals surface area (Å²) in [5.41, 5.74) is 3.57. The lowest BCUT2D eigenvalue weighted by atomic mass is 10.1. The Bertz CT molecular complexity index is 815. The Labute approximate surface area is 138 Å². The lowest BCUT2D eigenvalue weighted by Crippen LogP contribution is -2.28. The molecule has 1 unspecified atom stereocenters. The predicted molar refractivity (Wildman–Crippen MR) is 86.4 cm³/mol. The van der Waals surface area contributed by atoms with Crippen LogP contribution in [0.2, 0.25) is 0 Å². The van der Waals surface area contributed by atoms with Gasteiger partial charge in [0.2, 0.25) is 17.8 Å². The van der Waals surface area contributed by atoms with Crippen LogP contribution in [0.4, 0.5) is 11.6 Å². The monoisotopic (exact) mass is 326 g/mol. The molecule has 8 heteroatoms. The van der Waals surface area contributed by atoms with Crippen LogP contribution in [0.15, 0.2) is 18.2 Å². The summed E-state index contributed by atoms with van der Waals surface area (Å²) in [7, 11) is 1.65. The third-order valence-corrected chi connectivity index (χ3v) is 4.74. The summed E-state index contributed by atoms with van der Waals surface area (Å²) in [6, 6.07) is 6.17. The topological polar surface area (TPSA) is 93.0 Å². The maximum atomic E-state index is 12.4. The van der Waals surface area contributed by atoms with Crippen molar-refractivity contribution in [3.05, 3.63) is 29.3 Å². The van der Waals surface area contributed by atoms with Crippen LogP contribution in [0, 0.1) is 5.92 Å². The van der Waals surface area contributed by atoms with Crippen molar-refractivity contribution in [2.24, 2.45) is 13.0 Å². The van der Waals surface area contributed by atoms with Gasteiger partial charge in [0.05, 0.1) is 5.92 Å². The van der Waals surface area contributed by atoms with Crippen LogP contribution in [0.1, 0.15) is 24.0 Å². The molecule has 0 saturated carbocycles. The van der Waals surface area contributed by atoms with Crippen molar-refractivity contribution in [2.75, 3.05) is 16.8 Å². The van der Waals surface area contributed by atoms with Gasteiger partial charge in [0, 0.05) is 25.7 Å². The van der Waals surface area contributed by atoms with E-state index in [0.29, 0.717) is 6.54 Å². The minimum Gasteiger partial charge on any atom is -0.312 e. The quantitative estimate of drug-likeness (QED) is 0.896. The number of fused-ring (bicyclic) bond motifs is 1. The number of amides is 2. The van der Waals surface area contributed by atoms with E-state index >= 15 is 0 Å². The highest BCUT2D eigenvalue weighted by atomic mass is 16.2. The number of hydrogen-bond acceptors (Lipinski definition) is 5. The molecule has 4 rings (SSSR count). The Hall–Kier alpha value is -2.77. The molecule has 2 aromatic rings. The first-order chi connectivity index (χ1) is 11.6. The van der Waals surface area contributed by atoms with E-state index in [-0.39, 0.29) is 24.2 Å². The number of aryl methyl sites for hydroxylation is 3. The molecule has 8 nitrogen and oxygen atoms in total. The summed E-state index contributed by atoms with van der Waals surface area (Å²) in [6.45, 7) is 0.384. The zero-order chi connectivity index (χ0) is 16.7. The highest BCUT2D eigenvalue weighted by Gasteiger charge is 2.36. The number of nitrogens with zero attached hydrogens (tertiary/aromatic N) is 5. The number of tetrazole rings is 1. The Morgan fingerprint density at radius 2 is 2.12 bits per heavy atom. The van der Waals surface area contributed by atoms with Crippen molar-refractivity contribution < 1.29 is 9.59 Å². The number of anilines is 2. The molecule has 1 aliphatic carbocycles. The summed E-state index contributed by atoms with van der Waals surface area (Å²) in [5.74, 6) is -0.375. The maximum absolute atomic E-state index is 12.4. The molecule has 124 valence electrons. The molecule has 1 fully saturated rings. The van der Waals surface area contributed by atoms with E-state index in [1.807, 2.05) is 6.07 Å². The van der Waals surface area contributed by atoms with Crippen LogP contribution < -0.4 is 10.2 Å². The number of carbonyl (C=O) groups excluding carboxylic acids is 2. The van der Waals surface area contributed by atoms with Crippen LogP contribution in [0.25, 0.3) is 0 Å². The van der Waals surface area contributed by atoms with Gasteiger partial charge < -0.3 is 4.90 Å². The number of nitrogens with one attached hydrogen (secondary N) is 1. The largest absolute Gasteiger partial charge is 0.312 e. The van der Waals surface area contributed by atoms with Crippen LogP contribution in [-0.4, -0.2) is 38.6 Å². The van der Waals surface area contributed by atoms with Gasteiger partial charge >= 0.3 is 0 Å². The molecule has 0 radical (unpaired) electrons. The second-order valence-electron chi connectivity index (χ2n) is 6.33. The lowest BCUT2D eigenvalue weighted by molar-refractivity contribution is -0.122. The molecular formula is C16H18N6O2.